The number of rotatable bonds is 3. The van der Waals surface area contributed by atoms with Crippen LogP contribution in [0, 0.1) is 0 Å². The highest BCUT2D eigenvalue weighted by molar-refractivity contribution is 6.19. The van der Waals surface area contributed by atoms with Crippen molar-refractivity contribution in [1.29, 1.82) is 0 Å². The van der Waals surface area contributed by atoms with Crippen LogP contribution in [0.4, 0.5) is 5.69 Å². The molecule has 144 valence electrons. The summed E-state index contributed by atoms with van der Waals surface area (Å²) in [5, 5.41) is 0. The van der Waals surface area contributed by atoms with Crippen molar-refractivity contribution in [2.75, 3.05) is 19.1 Å². The first-order valence-corrected chi connectivity index (χ1v) is 9.68. The number of ether oxygens (including phenoxy) is 1. The molecule has 0 N–H and O–H groups in total. The van der Waals surface area contributed by atoms with E-state index in [0.717, 1.165) is 22.4 Å². The molecule has 2 aliphatic rings. The van der Waals surface area contributed by atoms with E-state index in [2.05, 4.69) is 0 Å². The quantitative estimate of drug-likeness (QED) is 0.646. The molecule has 1 aliphatic carbocycles. The maximum absolute atomic E-state index is 13.9. The van der Waals surface area contributed by atoms with Gasteiger partial charge in [-0.15, -0.1) is 0 Å². The lowest BCUT2D eigenvalue weighted by atomic mass is 9.82. The number of hydrogen-bond acceptors (Lipinski definition) is 3. The van der Waals surface area contributed by atoms with Gasteiger partial charge < -0.3 is 9.64 Å². The van der Waals surface area contributed by atoms with Crippen LogP contribution in [0.15, 0.2) is 84.9 Å². The summed E-state index contributed by atoms with van der Waals surface area (Å²) in [6.45, 7) is 0. The number of benzene rings is 3. The largest absolute Gasteiger partial charge is 0.468 e. The fourth-order valence-corrected chi connectivity index (χ4v) is 5.52. The summed E-state index contributed by atoms with van der Waals surface area (Å²) >= 11 is 0. The van der Waals surface area contributed by atoms with Gasteiger partial charge in [-0.25, -0.2) is 0 Å². The van der Waals surface area contributed by atoms with E-state index in [4.69, 9.17) is 4.74 Å². The van der Waals surface area contributed by atoms with Crippen molar-refractivity contribution in [2.45, 2.75) is 16.7 Å². The van der Waals surface area contributed by atoms with E-state index in [-0.39, 0.29) is 17.8 Å². The number of methoxy groups -OCH3 is 1. The van der Waals surface area contributed by atoms with Crippen LogP contribution in [0.5, 0.6) is 0 Å². The van der Waals surface area contributed by atoms with Crippen molar-refractivity contribution in [2.24, 2.45) is 0 Å². The maximum atomic E-state index is 13.9. The minimum Gasteiger partial charge on any atom is -0.468 e. The fourth-order valence-electron chi connectivity index (χ4n) is 5.52. The lowest BCUT2D eigenvalue weighted by Gasteiger charge is -2.20. The van der Waals surface area contributed by atoms with Crippen molar-refractivity contribution < 1.29 is 14.3 Å². The van der Waals surface area contributed by atoms with Crippen molar-refractivity contribution in [1.82, 2.24) is 0 Å². The molecule has 1 spiro atoms. The highest BCUT2D eigenvalue weighted by Gasteiger charge is 2.88. The smallest absolute Gasteiger partial charge is 0.318 e. The Morgan fingerprint density at radius 2 is 1.48 bits per heavy atom. The van der Waals surface area contributed by atoms with Crippen LogP contribution in [0.25, 0.3) is 0 Å². The highest BCUT2D eigenvalue weighted by Crippen LogP contribution is 2.78. The number of esters is 1. The molecular formula is C25H21NO3. The monoisotopic (exact) mass is 383 g/mol. The molecule has 3 atom stereocenters. The third-order valence-electron chi connectivity index (χ3n) is 6.61. The molecule has 0 aromatic heterocycles. The predicted octanol–water partition coefficient (Wildman–Crippen LogP) is 3.81. The van der Waals surface area contributed by atoms with Crippen LogP contribution in [0.3, 0.4) is 0 Å². The van der Waals surface area contributed by atoms with Gasteiger partial charge in [-0.2, -0.15) is 0 Å². The number of nitrogens with zero attached hydrogens (tertiary/aromatic N) is 1. The van der Waals surface area contributed by atoms with Gasteiger partial charge in [0.1, 0.15) is 10.8 Å². The molecule has 0 saturated heterocycles. The second-order valence-electron chi connectivity index (χ2n) is 7.70. The Labute approximate surface area is 169 Å². The Morgan fingerprint density at radius 3 is 2.14 bits per heavy atom. The summed E-state index contributed by atoms with van der Waals surface area (Å²) in [6.07, 6.45) is 0. The van der Waals surface area contributed by atoms with E-state index in [0.29, 0.717) is 0 Å². The van der Waals surface area contributed by atoms with E-state index in [9.17, 15) is 9.59 Å². The van der Waals surface area contributed by atoms with Gasteiger partial charge in [-0.3, -0.25) is 9.59 Å². The SMILES string of the molecule is COC(=O)[C@]1(c2ccccc2)[C@H](c2ccccc2)[C@]12C(=O)N(C)c1ccccc12. The summed E-state index contributed by atoms with van der Waals surface area (Å²) in [4.78, 5) is 29.0. The Bertz CT molecular complexity index is 1110. The summed E-state index contributed by atoms with van der Waals surface area (Å²) in [6, 6.07) is 27.2. The van der Waals surface area contributed by atoms with Gasteiger partial charge in [-0.05, 0) is 22.8 Å². The number of amides is 1. The van der Waals surface area contributed by atoms with Gasteiger partial charge in [0.2, 0.25) is 5.91 Å². The van der Waals surface area contributed by atoms with Crippen LogP contribution in [0.1, 0.15) is 22.6 Å². The molecule has 0 unspecified atom stereocenters. The Kier molecular flexibility index (Phi) is 3.69. The summed E-state index contributed by atoms with van der Waals surface area (Å²) in [7, 11) is 3.18. The van der Waals surface area contributed by atoms with E-state index < -0.39 is 10.8 Å². The van der Waals surface area contributed by atoms with Crippen molar-refractivity contribution in [3.05, 3.63) is 102 Å². The Hall–Kier alpha value is -3.40. The molecule has 1 saturated carbocycles. The van der Waals surface area contributed by atoms with Crippen LogP contribution >= 0.6 is 0 Å². The van der Waals surface area contributed by atoms with Crippen LogP contribution in [-0.4, -0.2) is 26.0 Å². The fraction of sp³-hybridized carbons (Fsp3) is 0.200. The zero-order chi connectivity index (χ0) is 20.2. The van der Waals surface area contributed by atoms with Crippen molar-refractivity contribution in [3.8, 4) is 0 Å². The van der Waals surface area contributed by atoms with Crippen molar-refractivity contribution >= 4 is 17.6 Å². The molecule has 1 fully saturated rings. The van der Waals surface area contributed by atoms with Gasteiger partial charge in [0.05, 0.1) is 7.11 Å². The molecule has 4 heteroatoms. The summed E-state index contributed by atoms with van der Waals surface area (Å²) in [5.74, 6) is -0.789. The minimum absolute atomic E-state index is 0.0678. The molecule has 3 aromatic rings. The molecular weight excluding hydrogens is 362 g/mol. The lowest BCUT2D eigenvalue weighted by Crippen LogP contribution is -2.38. The van der Waals surface area contributed by atoms with Crippen LogP contribution < -0.4 is 4.90 Å². The lowest BCUT2D eigenvalue weighted by molar-refractivity contribution is -0.145. The molecule has 29 heavy (non-hydrogen) atoms. The number of fused-ring (bicyclic) bond motifs is 2. The zero-order valence-corrected chi connectivity index (χ0v) is 16.3. The molecule has 1 amide bonds. The normalized spacial score (nSPS) is 27.0. The van der Waals surface area contributed by atoms with Gasteiger partial charge in [0, 0.05) is 18.7 Å². The molecule has 0 bridgehead atoms. The Morgan fingerprint density at radius 1 is 0.897 bits per heavy atom. The summed E-state index contributed by atoms with van der Waals surface area (Å²) in [5.41, 5.74) is 1.37. The molecule has 3 aromatic carbocycles. The predicted molar refractivity (Wildman–Crippen MR) is 111 cm³/mol. The second-order valence-corrected chi connectivity index (χ2v) is 7.70. The first-order valence-electron chi connectivity index (χ1n) is 9.68. The number of para-hydroxylation sites is 1. The van der Waals surface area contributed by atoms with E-state index in [1.54, 1.807) is 11.9 Å². The molecule has 0 radical (unpaired) electrons. The Balaban J connectivity index is 1.89. The molecule has 5 rings (SSSR count). The van der Waals surface area contributed by atoms with Crippen LogP contribution in [0.2, 0.25) is 0 Å². The molecule has 4 nitrogen and oxygen atoms in total. The summed E-state index contributed by atoms with van der Waals surface area (Å²) < 4.78 is 5.36. The average molecular weight is 383 g/mol. The first kappa shape index (κ1) is 17.7. The van der Waals surface area contributed by atoms with E-state index >= 15 is 0 Å². The topological polar surface area (TPSA) is 46.6 Å². The number of carbonyl (C=O) groups excluding carboxylic acids is 2. The second kappa shape index (κ2) is 6.05. The number of anilines is 1. The van der Waals surface area contributed by atoms with Crippen molar-refractivity contribution in [3.63, 3.8) is 0 Å². The molecule has 1 aliphatic heterocycles. The number of carbonyl (C=O) groups is 2. The van der Waals surface area contributed by atoms with Gasteiger partial charge >= 0.3 is 5.97 Å². The standard InChI is InChI=1S/C25H21NO3/c1-26-20-16-10-9-15-19(20)25(22(26)27)21(17-11-5-3-6-12-17)24(25,23(28)29-2)18-13-7-4-8-14-18/h3-16,21H,1-2H3/t21-,24-,25+/m0/s1. The zero-order valence-electron chi connectivity index (χ0n) is 16.3. The van der Waals surface area contributed by atoms with E-state index in [1.165, 1.54) is 7.11 Å². The molecule has 1 heterocycles. The number of likely N-dealkylation sites (N-methyl/N-ethyl adjacent to an activating group) is 1. The van der Waals surface area contributed by atoms with Crippen LogP contribution in [-0.2, 0) is 25.2 Å². The third kappa shape index (κ3) is 1.93. The van der Waals surface area contributed by atoms with E-state index in [1.807, 2.05) is 84.9 Å². The van der Waals surface area contributed by atoms with Gasteiger partial charge in [0.15, 0.2) is 0 Å². The minimum atomic E-state index is -1.11. The van der Waals surface area contributed by atoms with Gasteiger partial charge in [-0.1, -0.05) is 78.9 Å². The third-order valence-corrected chi connectivity index (χ3v) is 6.61. The highest BCUT2D eigenvalue weighted by atomic mass is 16.5. The first-order chi connectivity index (χ1) is 14.1. The number of hydrogen-bond donors (Lipinski definition) is 0. The maximum Gasteiger partial charge on any atom is 0.318 e. The average Bonchev–Trinajstić information content (AvgIpc) is 3.38. The van der Waals surface area contributed by atoms with Gasteiger partial charge in [0.25, 0.3) is 0 Å².